The Labute approximate surface area is 131 Å². The van der Waals surface area contributed by atoms with Crippen LogP contribution in [0.15, 0.2) is 42.5 Å². The van der Waals surface area contributed by atoms with Crippen LogP contribution in [0.5, 0.6) is 5.75 Å². The van der Waals surface area contributed by atoms with Crippen molar-refractivity contribution in [2.45, 2.75) is 13.8 Å². The van der Waals surface area contributed by atoms with Crippen molar-refractivity contribution in [2.24, 2.45) is 0 Å². The molecule has 0 fully saturated rings. The Hall–Kier alpha value is -2.49. The van der Waals surface area contributed by atoms with Crippen LogP contribution in [0, 0.1) is 13.8 Å². The lowest BCUT2D eigenvalue weighted by Crippen LogP contribution is -2.14. The van der Waals surface area contributed by atoms with Gasteiger partial charge in [0.1, 0.15) is 12.4 Å². The molecule has 0 atom stereocenters. The first-order chi connectivity index (χ1) is 10.6. The molecule has 0 heterocycles. The lowest BCUT2D eigenvalue weighted by Gasteiger charge is -2.12. The van der Waals surface area contributed by atoms with E-state index in [1.807, 2.05) is 56.3 Å². The molecule has 0 bridgehead atoms. The molecular weight excluding hydrogens is 278 g/mol. The summed E-state index contributed by atoms with van der Waals surface area (Å²) in [6.45, 7) is 5.09. The maximum absolute atomic E-state index is 11.8. The Bertz CT molecular complexity index is 635. The van der Waals surface area contributed by atoms with E-state index in [0.29, 0.717) is 18.7 Å². The van der Waals surface area contributed by atoms with Crippen LogP contribution in [0.4, 0.5) is 5.69 Å². The van der Waals surface area contributed by atoms with Gasteiger partial charge in [-0.15, -0.1) is 0 Å². The average Bonchev–Trinajstić information content (AvgIpc) is 2.53. The first kappa shape index (κ1) is 15.9. The lowest BCUT2D eigenvalue weighted by atomic mass is 10.1. The number of nitrogens with one attached hydrogen (secondary N) is 1. The van der Waals surface area contributed by atoms with Crippen molar-refractivity contribution in [1.29, 1.82) is 0 Å². The minimum atomic E-state index is -0.342. The Morgan fingerprint density at radius 1 is 1.05 bits per heavy atom. The SMILES string of the molecule is COC(=O)c1cc(C)ccc1NCCOc1ccc(C)cc1. The van der Waals surface area contributed by atoms with E-state index in [1.54, 1.807) is 0 Å². The van der Waals surface area contributed by atoms with Gasteiger partial charge in [0.15, 0.2) is 0 Å². The van der Waals surface area contributed by atoms with Crippen molar-refractivity contribution >= 4 is 11.7 Å². The van der Waals surface area contributed by atoms with E-state index in [4.69, 9.17) is 9.47 Å². The predicted molar refractivity (Wildman–Crippen MR) is 87.7 cm³/mol. The number of hydrogen-bond donors (Lipinski definition) is 1. The molecule has 0 unspecified atom stereocenters. The zero-order valence-corrected chi connectivity index (χ0v) is 13.2. The molecule has 4 nitrogen and oxygen atoms in total. The van der Waals surface area contributed by atoms with Gasteiger partial charge in [-0.05, 0) is 38.1 Å². The fourth-order valence-electron chi connectivity index (χ4n) is 2.08. The Morgan fingerprint density at radius 2 is 1.73 bits per heavy atom. The molecule has 4 heteroatoms. The van der Waals surface area contributed by atoms with Gasteiger partial charge in [-0.3, -0.25) is 0 Å². The smallest absolute Gasteiger partial charge is 0.339 e. The topological polar surface area (TPSA) is 47.6 Å². The van der Waals surface area contributed by atoms with Crippen LogP contribution >= 0.6 is 0 Å². The quantitative estimate of drug-likeness (QED) is 0.654. The second-order valence-corrected chi connectivity index (χ2v) is 5.13. The molecule has 0 amide bonds. The van der Waals surface area contributed by atoms with Crippen LogP contribution in [0.3, 0.4) is 0 Å². The maximum Gasteiger partial charge on any atom is 0.339 e. The molecule has 0 saturated heterocycles. The molecule has 2 aromatic carbocycles. The minimum Gasteiger partial charge on any atom is -0.492 e. The molecule has 0 aliphatic heterocycles. The van der Waals surface area contributed by atoms with Gasteiger partial charge in [0.05, 0.1) is 12.7 Å². The highest BCUT2D eigenvalue weighted by molar-refractivity contribution is 5.95. The second kappa shape index (κ2) is 7.50. The maximum atomic E-state index is 11.8. The third-order valence-corrected chi connectivity index (χ3v) is 3.29. The van der Waals surface area contributed by atoms with Gasteiger partial charge < -0.3 is 14.8 Å². The second-order valence-electron chi connectivity index (χ2n) is 5.13. The van der Waals surface area contributed by atoms with Gasteiger partial charge in [0.25, 0.3) is 0 Å². The Morgan fingerprint density at radius 3 is 2.41 bits per heavy atom. The summed E-state index contributed by atoms with van der Waals surface area (Å²) >= 11 is 0. The fraction of sp³-hybridized carbons (Fsp3) is 0.278. The third kappa shape index (κ3) is 4.25. The number of methoxy groups -OCH3 is 1. The first-order valence-corrected chi connectivity index (χ1v) is 7.22. The molecule has 2 aromatic rings. The van der Waals surface area contributed by atoms with Crippen molar-refractivity contribution < 1.29 is 14.3 Å². The molecule has 0 saturated carbocycles. The zero-order chi connectivity index (χ0) is 15.9. The summed E-state index contributed by atoms with van der Waals surface area (Å²) in [5, 5.41) is 3.21. The van der Waals surface area contributed by atoms with E-state index >= 15 is 0 Å². The summed E-state index contributed by atoms with van der Waals surface area (Å²) in [4.78, 5) is 11.8. The monoisotopic (exact) mass is 299 g/mol. The highest BCUT2D eigenvalue weighted by Gasteiger charge is 2.11. The molecule has 1 N–H and O–H groups in total. The number of aryl methyl sites for hydroxylation is 2. The van der Waals surface area contributed by atoms with Crippen LogP contribution in [-0.4, -0.2) is 26.2 Å². The van der Waals surface area contributed by atoms with E-state index in [2.05, 4.69) is 5.32 Å². The first-order valence-electron chi connectivity index (χ1n) is 7.22. The van der Waals surface area contributed by atoms with E-state index in [-0.39, 0.29) is 5.97 Å². The van der Waals surface area contributed by atoms with Crippen LogP contribution in [0.2, 0.25) is 0 Å². The van der Waals surface area contributed by atoms with Gasteiger partial charge in [0.2, 0.25) is 0 Å². The van der Waals surface area contributed by atoms with Gasteiger partial charge in [0, 0.05) is 12.2 Å². The molecule has 0 spiro atoms. The molecule has 0 aliphatic rings. The summed E-state index contributed by atoms with van der Waals surface area (Å²) in [6.07, 6.45) is 0. The number of benzene rings is 2. The average molecular weight is 299 g/mol. The molecular formula is C18H21NO3. The van der Waals surface area contributed by atoms with Crippen molar-refractivity contribution in [1.82, 2.24) is 0 Å². The number of carbonyl (C=O) groups excluding carboxylic acids is 1. The van der Waals surface area contributed by atoms with Crippen molar-refractivity contribution in [3.8, 4) is 5.75 Å². The molecule has 22 heavy (non-hydrogen) atoms. The van der Waals surface area contributed by atoms with Crippen LogP contribution in [-0.2, 0) is 4.74 Å². The zero-order valence-electron chi connectivity index (χ0n) is 13.2. The summed E-state index contributed by atoms with van der Waals surface area (Å²) in [7, 11) is 1.38. The summed E-state index contributed by atoms with van der Waals surface area (Å²) < 4.78 is 10.5. The fourth-order valence-corrected chi connectivity index (χ4v) is 2.08. The standard InChI is InChI=1S/C18H21NO3/c1-13-4-7-15(8-5-13)22-11-10-19-17-9-6-14(2)12-16(17)18(20)21-3/h4-9,12,19H,10-11H2,1-3H3. The number of carbonyl (C=O) groups is 1. The van der Waals surface area contributed by atoms with E-state index in [9.17, 15) is 4.79 Å². The van der Waals surface area contributed by atoms with Crippen LogP contribution < -0.4 is 10.1 Å². The van der Waals surface area contributed by atoms with Gasteiger partial charge in [-0.1, -0.05) is 29.3 Å². The summed E-state index contributed by atoms with van der Waals surface area (Å²) in [6, 6.07) is 13.6. The van der Waals surface area contributed by atoms with Crippen LogP contribution in [0.25, 0.3) is 0 Å². The third-order valence-electron chi connectivity index (χ3n) is 3.29. The van der Waals surface area contributed by atoms with E-state index < -0.39 is 0 Å². The Balaban J connectivity index is 1.91. The molecule has 0 radical (unpaired) electrons. The van der Waals surface area contributed by atoms with Gasteiger partial charge >= 0.3 is 5.97 Å². The van der Waals surface area contributed by atoms with Crippen molar-refractivity contribution in [3.63, 3.8) is 0 Å². The van der Waals surface area contributed by atoms with E-state index in [1.165, 1.54) is 12.7 Å². The van der Waals surface area contributed by atoms with Crippen molar-refractivity contribution in [3.05, 3.63) is 59.2 Å². The number of hydrogen-bond acceptors (Lipinski definition) is 4. The normalized spacial score (nSPS) is 10.1. The number of anilines is 1. The molecule has 0 aliphatic carbocycles. The van der Waals surface area contributed by atoms with E-state index in [0.717, 1.165) is 17.0 Å². The Kier molecular flexibility index (Phi) is 5.42. The van der Waals surface area contributed by atoms with Gasteiger partial charge in [-0.25, -0.2) is 4.79 Å². The number of ether oxygens (including phenoxy) is 2. The van der Waals surface area contributed by atoms with Crippen molar-refractivity contribution in [2.75, 3.05) is 25.6 Å². The summed E-state index contributed by atoms with van der Waals surface area (Å²) in [5.41, 5.74) is 3.51. The minimum absolute atomic E-state index is 0.342. The molecule has 2 rings (SSSR count). The lowest BCUT2D eigenvalue weighted by molar-refractivity contribution is 0.0601. The highest BCUT2D eigenvalue weighted by Crippen LogP contribution is 2.18. The van der Waals surface area contributed by atoms with Gasteiger partial charge in [-0.2, -0.15) is 0 Å². The largest absolute Gasteiger partial charge is 0.492 e. The highest BCUT2D eigenvalue weighted by atomic mass is 16.5. The predicted octanol–water partition coefficient (Wildman–Crippen LogP) is 3.58. The molecule has 116 valence electrons. The number of esters is 1. The van der Waals surface area contributed by atoms with Crippen LogP contribution in [0.1, 0.15) is 21.5 Å². The number of rotatable bonds is 6. The molecule has 0 aromatic heterocycles. The summed E-state index contributed by atoms with van der Waals surface area (Å²) in [5.74, 6) is 0.496.